The molecule has 0 atom stereocenters. The number of para-hydroxylation sites is 2. The predicted octanol–water partition coefficient (Wildman–Crippen LogP) is 3.04. The second kappa shape index (κ2) is 6.09. The Morgan fingerprint density at radius 3 is 2.45 bits per heavy atom. The molecule has 1 aromatic carbocycles. The monoisotopic (exact) mass is 323 g/mol. The van der Waals surface area contributed by atoms with Gasteiger partial charge in [0.05, 0.1) is 11.4 Å². The van der Waals surface area contributed by atoms with E-state index in [0.717, 1.165) is 43.9 Å². The molecular formula is C17H26ClN3O. The topological polar surface area (TPSA) is 44.4 Å². The van der Waals surface area contributed by atoms with Gasteiger partial charge in [-0.15, -0.1) is 12.4 Å². The lowest BCUT2D eigenvalue weighted by molar-refractivity contribution is -0.124. The van der Waals surface area contributed by atoms with Gasteiger partial charge in [-0.25, -0.2) is 0 Å². The van der Waals surface area contributed by atoms with Crippen molar-refractivity contribution in [2.45, 2.75) is 39.2 Å². The van der Waals surface area contributed by atoms with Gasteiger partial charge in [0.15, 0.2) is 0 Å². The third kappa shape index (κ3) is 3.08. The zero-order chi connectivity index (χ0) is 15.1. The first-order valence-electron chi connectivity index (χ1n) is 7.81. The van der Waals surface area contributed by atoms with Crippen molar-refractivity contribution >= 4 is 29.7 Å². The fraction of sp³-hybridized carbons (Fsp3) is 0.588. The molecule has 1 amide bonds. The van der Waals surface area contributed by atoms with E-state index in [1.165, 1.54) is 0 Å². The molecule has 0 aromatic heterocycles. The van der Waals surface area contributed by atoms with E-state index in [4.69, 9.17) is 0 Å². The van der Waals surface area contributed by atoms with Crippen LogP contribution in [0.2, 0.25) is 0 Å². The Bertz CT molecular complexity index is 547. The van der Waals surface area contributed by atoms with Crippen LogP contribution in [0.15, 0.2) is 24.3 Å². The molecule has 1 fully saturated rings. The molecule has 2 aliphatic heterocycles. The number of anilines is 2. The van der Waals surface area contributed by atoms with Crippen LogP contribution >= 0.6 is 12.4 Å². The van der Waals surface area contributed by atoms with Gasteiger partial charge in [-0.2, -0.15) is 0 Å². The van der Waals surface area contributed by atoms with Crippen LogP contribution in [0.3, 0.4) is 0 Å². The maximum Gasteiger partial charge on any atom is 0.252 e. The van der Waals surface area contributed by atoms with Crippen molar-refractivity contribution in [3.63, 3.8) is 0 Å². The van der Waals surface area contributed by atoms with Gasteiger partial charge >= 0.3 is 0 Å². The van der Waals surface area contributed by atoms with Crippen LogP contribution in [0.1, 0.15) is 33.6 Å². The molecule has 0 saturated carbocycles. The van der Waals surface area contributed by atoms with Crippen LogP contribution < -0.4 is 15.5 Å². The average Bonchev–Trinajstić information content (AvgIpc) is 2.44. The number of rotatable bonds is 1. The van der Waals surface area contributed by atoms with Gasteiger partial charge < -0.3 is 15.5 Å². The normalized spacial score (nSPS) is 20.1. The highest BCUT2D eigenvalue weighted by Crippen LogP contribution is 2.40. The van der Waals surface area contributed by atoms with Crippen molar-refractivity contribution in [2.75, 3.05) is 29.9 Å². The lowest BCUT2D eigenvalue weighted by atomic mass is 9.83. The lowest BCUT2D eigenvalue weighted by Crippen LogP contribution is -2.62. The summed E-state index contributed by atoms with van der Waals surface area (Å²) >= 11 is 0. The van der Waals surface area contributed by atoms with Crippen LogP contribution in [0.5, 0.6) is 0 Å². The minimum atomic E-state index is -0.426. The van der Waals surface area contributed by atoms with Crippen LogP contribution in [0.25, 0.3) is 0 Å². The summed E-state index contributed by atoms with van der Waals surface area (Å²) in [6.45, 7) is 9.08. The standard InChI is InChI=1S/C17H25N3O.ClH/c1-16(2,3)12-20-14-7-5-4-6-13(14)19-17(15(20)21)8-10-18-11-9-17;/h4-7,18-19H,8-12H2,1-3H3;1H. The van der Waals surface area contributed by atoms with Gasteiger partial charge in [-0.3, -0.25) is 4.79 Å². The Hall–Kier alpha value is -1.26. The van der Waals surface area contributed by atoms with E-state index >= 15 is 0 Å². The molecule has 122 valence electrons. The Morgan fingerprint density at radius 2 is 1.82 bits per heavy atom. The Labute approximate surface area is 139 Å². The molecule has 1 saturated heterocycles. The minimum absolute atomic E-state index is 0. The van der Waals surface area contributed by atoms with Crippen LogP contribution in [0.4, 0.5) is 11.4 Å². The Balaban J connectivity index is 0.00000176. The molecule has 3 rings (SSSR count). The van der Waals surface area contributed by atoms with E-state index in [-0.39, 0.29) is 23.7 Å². The summed E-state index contributed by atoms with van der Waals surface area (Å²) in [5, 5.41) is 6.90. The lowest BCUT2D eigenvalue weighted by Gasteiger charge is -2.47. The van der Waals surface area contributed by atoms with E-state index in [1.807, 2.05) is 23.1 Å². The molecule has 2 heterocycles. The van der Waals surface area contributed by atoms with Crippen molar-refractivity contribution in [3.05, 3.63) is 24.3 Å². The van der Waals surface area contributed by atoms with Crippen molar-refractivity contribution in [3.8, 4) is 0 Å². The fourth-order valence-corrected chi connectivity index (χ4v) is 3.32. The SMILES string of the molecule is CC(C)(C)CN1C(=O)C2(CCNCC2)Nc2ccccc21.Cl. The summed E-state index contributed by atoms with van der Waals surface area (Å²) in [5.41, 5.74) is 1.75. The molecule has 0 bridgehead atoms. The summed E-state index contributed by atoms with van der Waals surface area (Å²) in [4.78, 5) is 15.2. The number of nitrogens with one attached hydrogen (secondary N) is 2. The van der Waals surface area contributed by atoms with Crippen molar-refractivity contribution < 1.29 is 4.79 Å². The molecule has 2 aliphatic rings. The summed E-state index contributed by atoms with van der Waals surface area (Å²) in [7, 11) is 0. The summed E-state index contributed by atoms with van der Waals surface area (Å²) in [6.07, 6.45) is 1.70. The molecule has 2 N–H and O–H groups in total. The van der Waals surface area contributed by atoms with Gasteiger partial charge in [0.1, 0.15) is 5.54 Å². The average molecular weight is 324 g/mol. The van der Waals surface area contributed by atoms with E-state index in [2.05, 4.69) is 37.5 Å². The van der Waals surface area contributed by atoms with Crippen molar-refractivity contribution in [1.29, 1.82) is 0 Å². The first kappa shape index (κ1) is 17.1. The number of carbonyl (C=O) groups excluding carboxylic acids is 1. The van der Waals surface area contributed by atoms with Crippen molar-refractivity contribution in [1.82, 2.24) is 5.32 Å². The smallest absolute Gasteiger partial charge is 0.252 e. The number of piperidine rings is 1. The number of hydrogen-bond acceptors (Lipinski definition) is 3. The number of nitrogens with zero attached hydrogens (tertiary/aromatic N) is 1. The molecule has 1 aromatic rings. The summed E-state index contributed by atoms with van der Waals surface area (Å²) < 4.78 is 0. The zero-order valence-electron chi connectivity index (χ0n) is 13.6. The van der Waals surface area contributed by atoms with Crippen LogP contribution in [-0.4, -0.2) is 31.1 Å². The van der Waals surface area contributed by atoms with Crippen LogP contribution in [0, 0.1) is 5.41 Å². The first-order chi connectivity index (χ1) is 9.91. The van der Waals surface area contributed by atoms with Crippen molar-refractivity contribution in [2.24, 2.45) is 5.41 Å². The third-order valence-electron chi connectivity index (χ3n) is 4.31. The first-order valence-corrected chi connectivity index (χ1v) is 7.81. The molecule has 0 unspecified atom stereocenters. The quantitative estimate of drug-likeness (QED) is 0.835. The third-order valence-corrected chi connectivity index (χ3v) is 4.31. The zero-order valence-corrected chi connectivity index (χ0v) is 14.4. The maximum absolute atomic E-state index is 13.2. The number of benzene rings is 1. The molecule has 4 nitrogen and oxygen atoms in total. The van der Waals surface area contributed by atoms with Gasteiger partial charge in [0, 0.05) is 6.54 Å². The number of hydrogen-bond donors (Lipinski definition) is 2. The van der Waals surface area contributed by atoms with Gasteiger partial charge in [0.25, 0.3) is 5.91 Å². The summed E-state index contributed by atoms with van der Waals surface area (Å²) in [5.74, 6) is 0.234. The van der Waals surface area contributed by atoms with Gasteiger partial charge in [0.2, 0.25) is 0 Å². The van der Waals surface area contributed by atoms with E-state index in [1.54, 1.807) is 0 Å². The Morgan fingerprint density at radius 1 is 1.18 bits per heavy atom. The van der Waals surface area contributed by atoms with Gasteiger partial charge in [-0.1, -0.05) is 32.9 Å². The van der Waals surface area contributed by atoms with Gasteiger partial charge in [-0.05, 0) is 43.5 Å². The summed E-state index contributed by atoms with van der Waals surface area (Å²) in [6, 6.07) is 8.16. The highest BCUT2D eigenvalue weighted by atomic mass is 35.5. The second-order valence-electron chi connectivity index (χ2n) is 7.43. The largest absolute Gasteiger partial charge is 0.369 e. The predicted molar refractivity (Wildman–Crippen MR) is 94.0 cm³/mol. The maximum atomic E-state index is 13.2. The fourth-order valence-electron chi connectivity index (χ4n) is 3.32. The van der Waals surface area contributed by atoms with E-state index in [0.29, 0.717) is 0 Å². The van der Waals surface area contributed by atoms with E-state index in [9.17, 15) is 4.79 Å². The highest BCUT2D eigenvalue weighted by Gasteiger charge is 2.46. The number of carbonyl (C=O) groups is 1. The highest BCUT2D eigenvalue weighted by molar-refractivity contribution is 6.08. The molecule has 1 spiro atoms. The minimum Gasteiger partial charge on any atom is -0.369 e. The molecule has 22 heavy (non-hydrogen) atoms. The number of amides is 1. The molecule has 0 radical (unpaired) electrons. The number of halogens is 1. The van der Waals surface area contributed by atoms with E-state index < -0.39 is 5.54 Å². The Kier molecular flexibility index (Phi) is 4.73. The molecular weight excluding hydrogens is 298 g/mol. The van der Waals surface area contributed by atoms with Crippen LogP contribution in [-0.2, 0) is 4.79 Å². The molecule has 0 aliphatic carbocycles. The number of fused-ring (bicyclic) bond motifs is 1. The molecule has 5 heteroatoms. The second-order valence-corrected chi connectivity index (χ2v) is 7.43.